The SMILES string of the molecule is Cc1ccccc1CN(C(=O)CN(c1ccc(Cl)c(Cl)c1)S(=O)(=O)c1ccccc1)[C@@H](Cc1ccccc1)C(=O)NC1CCCCC1. The molecule has 0 radical (unpaired) electrons. The first kappa shape index (κ1) is 34.5. The van der Waals surface area contributed by atoms with E-state index >= 15 is 0 Å². The fourth-order valence-electron chi connectivity index (χ4n) is 5.96. The average molecular weight is 693 g/mol. The van der Waals surface area contributed by atoms with Crippen molar-refractivity contribution in [3.63, 3.8) is 0 Å². The van der Waals surface area contributed by atoms with Crippen LogP contribution in [0.4, 0.5) is 5.69 Å². The van der Waals surface area contributed by atoms with Crippen LogP contribution in [0.25, 0.3) is 0 Å². The average Bonchev–Trinajstić information content (AvgIpc) is 3.08. The topological polar surface area (TPSA) is 86.8 Å². The summed E-state index contributed by atoms with van der Waals surface area (Å²) in [5.74, 6) is -0.784. The van der Waals surface area contributed by atoms with Gasteiger partial charge >= 0.3 is 0 Å². The molecule has 47 heavy (non-hydrogen) atoms. The molecule has 4 aromatic rings. The molecule has 0 heterocycles. The maximum absolute atomic E-state index is 14.7. The number of hydrogen-bond donors (Lipinski definition) is 1. The zero-order chi connectivity index (χ0) is 33.4. The van der Waals surface area contributed by atoms with Crippen LogP contribution in [-0.4, -0.2) is 43.8 Å². The molecular weight excluding hydrogens is 653 g/mol. The molecule has 0 spiro atoms. The zero-order valence-electron chi connectivity index (χ0n) is 26.3. The van der Waals surface area contributed by atoms with Crippen LogP contribution in [-0.2, 0) is 32.6 Å². The molecule has 1 N–H and O–H groups in total. The van der Waals surface area contributed by atoms with Gasteiger partial charge in [-0.15, -0.1) is 0 Å². The number of carbonyl (C=O) groups excluding carboxylic acids is 2. The van der Waals surface area contributed by atoms with E-state index in [0.29, 0.717) is 0 Å². The van der Waals surface area contributed by atoms with Crippen molar-refractivity contribution in [2.45, 2.75) is 69.0 Å². The summed E-state index contributed by atoms with van der Waals surface area (Å²) >= 11 is 12.5. The molecule has 5 rings (SSSR count). The van der Waals surface area contributed by atoms with Crippen LogP contribution in [0, 0.1) is 6.92 Å². The summed E-state index contributed by atoms with van der Waals surface area (Å²) in [5, 5.41) is 3.63. The molecule has 1 saturated carbocycles. The third kappa shape index (κ3) is 8.74. The molecule has 1 fully saturated rings. The van der Waals surface area contributed by atoms with Crippen molar-refractivity contribution >= 4 is 50.7 Å². The van der Waals surface area contributed by atoms with Gasteiger partial charge in [-0.25, -0.2) is 8.42 Å². The van der Waals surface area contributed by atoms with E-state index in [1.54, 1.807) is 18.2 Å². The van der Waals surface area contributed by atoms with E-state index in [9.17, 15) is 18.0 Å². The van der Waals surface area contributed by atoms with E-state index in [-0.39, 0.29) is 45.5 Å². The quantitative estimate of drug-likeness (QED) is 0.166. The predicted octanol–water partition coefficient (Wildman–Crippen LogP) is 7.59. The first-order valence-corrected chi connectivity index (χ1v) is 18.0. The van der Waals surface area contributed by atoms with E-state index in [1.807, 2.05) is 61.5 Å². The Kier molecular flexibility index (Phi) is 11.6. The third-order valence-corrected chi connectivity index (χ3v) is 11.2. The van der Waals surface area contributed by atoms with E-state index in [0.717, 1.165) is 53.1 Å². The molecule has 0 bridgehead atoms. The van der Waals surface area contributed by atoms with Crippen molar-refractivity contribution in [1.82, 2.24) is 10.2 Å². The number of nitrogens with one attached hydrogen (secondary N) is 1. The number of nitrogens with zero attached hydrogens (tertiary/aromatic N) is 2. The molecule has 0 saturated heterocycles. The van der Waals surface area contributed by atoms with Gasteiger partial charge in [-0.05, 0) is 66.8 Å². The molecule has 7 nitrogen and oxygen atoms in total. The molecule has 1 aliphatic carbocycles. The Bertz CT molecular complexity index is 1780. The van der Waals surface area contributed by atoms with Crippen LogP contribution >= 0.6 is 23.2 Å². The lowest BCUT2D eigenvalue weighted by atomic mass is 9.94. The largest absolute Gasteiger partial charge is 0.352 e. The van der Waals surface area contributed by atoms with Crippen molar-refractivity contribution in [1.29, 1.82) is 0 Å². The van der Waals surface area contributed by atoms with Gasteiger partial charge in [-0.1, -0.05) is 115 Å². The normalized spacial score (nSPS) is 14.3. The number of hydrogen-bond acceptors (Lipinski definition) is 4. The molecule has 2 amide bonds. The number of anilines is 1. The number of benzene rings is 4. The zero-order valence-corrected chi connectivity index (χ0v) is 28.6. The van der Waals surface area contributed by atoms with Gasteiger partial charge < -0.3 is 10.2 Å². The molecule has 1 aliphatic rings. The van der Waals surface area contributed by atoms with Gasteiger partial charge in [0, 0.05) is 19.0 Å². The number of carbonyl (C=O) groups is 2. The minimum absolute atomic E-state index is 0.0141. The second kappa shape index (κ2) is 15.8. The van der Waals surface area contributed by atoms with Gasteiger partial charge in [0.2, 0.25) is 11.8 Å². The second-order valence-electron chi connectivity index (χ2n) is 11.9. The van der Waals surface area contributed by atoms with Gasteiger partial charge in [0.15, 0.2) is 0 Å². The molecule has 10 heteroatoms. The summed E-state index contributed by atoms with van der Waals surface area (Å²) in [4.78, 5) is 30.4. The first-order chi connectivity index (χ1) is 22.6. The monoisotopic (exact) mass is 691 g/mol. The van der Waals surface area contributed by atoms with E-state index in [1.165, 1.54) is 35.2 Å². The highest BCUT2D eigenvalue weighted by Gasteiger charge is 2.35. The minimum Gasteiger partial charge on any atom is -0.352 e. The maximum atomic E-state index is 14.7. The molecule has 0 unspecified atom stereocenters. The number of amides is 2. The number of halogens is 2. The van der Waals surface area contributed by atoms with E-state index < -0.39 is 28.5 Å². The van der Waals surface area contributed by atoms with Crippen molar-refractivity contribution in [3.05, 3.63) is 130 Å². The van der Waals surface area contributed by atoms with Crippen molar-refractivity contribution < 1.29 is 18.0 Å². The maximum Gasteiger partial charge on any atom is 0.264 e. The van der Waals surface area contributed by atoms with Gasteiger partial charge in [0.05, 0.1) is 20.6 Å². The van der Waals surface area contributed by atoms with Crippen LogP contribution < -0.4 is 9.62 Å². The summed E-state index contributed by atoms with van der Waals surface area (Å²) in [7, 11) is -4.24. The van der Waals surface area contributed by atoms with Gasteiger partial charge in [0.1, 0.15) is 12.6 Å². The molecular formula is C37H39Cl2N3O4S. The highest BCUT2D eigenvalue weighted by Crippen LogP contribution is 2.31. The summed E-state index contributed by atoms with van der Waals surface area (Å²) in [6.07, 6.45) is 5.24. The highest BCUT2D eigenvalue weighted by atomic mass is 35.5. The van der Waals surface area contributed by atoms with Crippen molar-refractivity contribution in [3.8, 4) is 0 Å². The van der Waals surface area contributed by atoms with Crippen LogP contribution in [0.1, 0.15) is 48.8 Å². The van der Waals surface area contributed by atoms with Crippen LogP contribution in [0.2, 0.25) is 10.0 Å². The fraction of sp³-hybridized carbons (Fsp3) is 0.297. The third-order valence-electron chi connectivity index (χ3n) is 8.63. The van der Waals surface area contributed by atoms with Crippen molar-refractivity contribution in [2.75, 3.05) is 10.8 Å². The second-order valence-corrected chi connectivity index (χ2v) is 14.6. The summed E-state index contributed by atoms with van der Waals surface area (Å²) < 4.78 is 29.4. The lowest BCUT2D eigenvalue weighted by Crippen LogP contribution is -2.55. The van der Waals surface area contributed by atoms with Gasteiger partial charge in [-0.2, -0.15) is 0 Å². The number of rotatable bonds is 12. The lowest BCUT2D eigenvalue weighted by Gasteiger charge is -2.35. The summed E-state index contributed by atoms with van der Waals surface area (Å²) in [5.41, 5.74) is 2.88. The Morgan fingerprint density at radius 1 is 0.830 bits per heavy atom. The van der Waals surface area contributed by atoms with Gasteiger partial charge in [0.25, 0.3) is 10.0 Å². The molecule has 4 aromatic carbocycles. The first-order valence-electron chi connectivity index (χ1n) is 15.8. The Labute approximate surface area is 287 Å². The predicted molar refractivity (Wildman–Crippen MR) is 188 cm³/mol. The van der Waals surface area contributed by atoms with Crippen LogP contribution in [0.5, 0.6) is 0 Å². The Balaban J connectivity index is 1.58. The minimum atomic E-state index is -4.24. The molecule has 0 aliphatic heterocycles. The smallest absolute Gasteiger partial charge is 0.264 e. The van der Waals surface area contributed by atoms with Crippen molar-refractivity contribution in [2.24, 2.45) is 0 Å². The Hall–Kier alpha value is -3.85. The van der Waals surface area contributed by atoms with E-state index in [2.05, 4.69) is 5.32 Å². The summed E-state index contributed by atoms with van der Waals surface area (Å²) in [6.45, 7) is 1.50. The van der Waals surface area contributed by atoms with Crippen LogP contribution in [0.3, 0.4) is 0 Å². The van der Waals surface area contributed by atoms with Gasteiger partial charge in [-0.3, -0.25) is 13.9 Å². The van der Waals surface area contributed by atoms with Crippen LogP contribution in [0.15, 0.2) is 108 Å². The standard InChI is InChI=1S/C37H39Cl2N3O4S/c1-27-13-11-12-16-29(27)25-41(35(23-28-14-5-2-6-15-28)37(44)40-30-17-7-3-8-18-30)36(43)26-42(31-21-22-33(38)34(39)24-31)47(45,46)32-19-9-4-10-20-32/h2,4-6,9-16,19-22,24,30,35H,3,7-8,17-18,23,25-26H2,1H3,(H,40,44)/t35-/m0/s1. The summed E-state index contributed by atoms with van der Waals surface area (Å²) in [6, 6.07) is 28.7. The Morgan fingerprint density at radius 3 is 2.13 bits per heavy atom. The molecule has 246 valence electrons. The lowest BCUT2D eigenvalue weighted by molar-refractivity contribution is -0.140. The molecule has 0 aromatic heterocycles. The fourth-order valence-corrected chi connectivity index (χ4v) is 7.68. The number of sulfonamides is 1. The number of aryl methyl sites for hydroxylation is 1. The highest BCUT2D eigenvalue weighted by molar-refractivity contribution is 7.92. The molecule has 1 atom stereocenters. The Morgan fingerprint density at radius 2 is 1.47 bits per heavy atom. The van der Waals surface area contributed by atoms with E-state index in [4.69, 9.17) is 23.2 Å².